The van der Waals surface area contributed by atoms with E-state index >= 15 is 0 Å². The van der Waals surface area contributed by atoms with Crippen LogP contribution in [-0.2, 0) is 4.79 Å². The molecule has 0 spiro atoms. The maximum absolute atomic E-state index is 13.0. The zero-order valence-electron chi connectivity index (χ0n) is 12.2. The fourth-order valence-electron chi connectivity index (χ4n) is 2.28. The molecular weight excluding hydrogens is 259 g/mol. The maximum Gasteiger partial charge on any atom is 0.227 e. The van der Waals surface area contributed by atoms with Gasteiger partial charge in [-0.1, -0.05) is 26.8 Å². The molecule has 0 bridgehead atoms. The molecule has 1 fully saturated rings. The van der Waals surface area contributed by atoms with Crippen LogP contribution in [0.2, 0.25) is 0 Å². The van der Waals surface area contributed by atoms with Crippen LogP contribution in [0.5, 0.6) is 5.88 Å². The minimum absolute atomic E-state index is 0.00619. The number of carbonyl (C=O) groups is 1. The van der Waals surface area contributed by atoms with Crippen molar-refractivity contribution < 1.29 is 13.9 Å². The van der Waals surface area contributed by atoms with Crippen LogP contribution >= 0.6 is 0 Å². The molecule has 1 saturated heterocycles. The highest BCUT2D eigenvalue weighted by Crippen LogP contribution is 2.22. The van der Waals surface area contributed by atoms with Gasteiger partial charge in [-0.3, -0.25) is 4.79 Å². The van der Waals surface area contributed by atoms with Crippen LogP contribution in [0.4, 0.5) is 4.39 Å². The predicted molar refractivity (Wildman–Crippen MR) is 73.9 cm³/mol. The van der Waals surface area contributed by atoms with Crippen LogP contribution in [0, 0.1) is 11.4 Å². The van der Waals surface area contributed by atoms with E-state index in [1.54, 1.807) is 12.1 Å². The summed E-state index contributed by atoms with van der Waals surface area (Å²) in [5.41, 5.74) is -0.349. The highest BCUT2D eigenvalue weighted by molar-refractivity contribution is 5.81. The Bertz CT molecular complexity index is 477. The number of amides is 1. The van der Waals surface area contributed by atoms with E-state index in [-0.39, 0.29) is 17.4 Å². The van der Waals surface area contributed by atoms with Crippen LogP contribution in [0.15, 0.2) is 18.2 Å². The fraction of sp³-hybridized carbons (Fsp3) is 0.600. The Labute approximate surface area is 118 Å². The van der Waals surface area contributed by atoms with Crippen LogP contribution < -0.4 is 4.74 Å². The summed E-state index contributed by atoms with van der Waals surface area (Å²) in [7, 11) is 0. The standard InChI is InChI=1S/C15H21FN2O2/c1-15(2,3)14(19)18-9-7-11(8-10-18)20-13-6-4-5-12(16)17-13/h4-6,11H,7-10H2,1-3H3. The van der Waals surface area contributed by atoms with Crippen molar-refractivity contribution in [1.82, 2.24) is 9.88 Å². The number of aromatic nitrogens is 1. The molecule has 4 nitrogen and oxygen atoms in total. The van der Waals surface area contributed by atoms with E-state index in [1.807, 2.05) is 25.7 Å². The third-order valence-corrected chi connectivity index (χ3v) is 3.35. The number of piperidine rings is 1. The lowest BCUT2D eigenvalue weighted by molar-refractivity contribution is -0.141. The summed E-state index contributed by atoms with van der Waals surface area (Å²) in [6.07, 6.45) is 1.49. The first-order valence-corrected chi connectivity index (χ1v) is 6.95. The van der Waals surface area contributed by atoms with Gasteiger partial charge in [0.2, 0.25) is 17.7 Å². The number of carbonyl (C=O) groups excluding carboxylic acids is 1. The zero-order valence-corrected chi connectivity index (χ0v) is 12.2. The summed E-state index contributed by atoms with van der Waals surface area (Å²) >= 11 is 0. The molecule has 0 aliphatic carbocycles. The third-order valence-electron chi connectivity index (χ3n) is 3.35. The average molecular weight is 280 g/mol. The van der Waals surface area contributed by atoms with Gasteiger partial charge >= 0.3 is 0 Å². The van der Waals surface area contributed by atoms with Crippen molar-refractivity contribution in [3.8, 4) is 5.88 Å². The molecule has 0 saturated carbocycles. The van der Waals surface area contributed by atoms with Crippen LogP contribution in [0.1, 0.15) is 33.6 Å². The Morgan fingerprint density at radius 1 is 1.35 bits per heavy atom. The van der Waals surface area contributed by atoms with E-state index in [0.717, 1.165) is 12.8 Å². The van der Waals surface area contributed by atoms with Crippen LogP contribution in [-0.4, -0.2) is 35.0 Å². The normalized spacial score (nSPS) is 17.1. The minimum Gasteiger partial charge on any atom is -0.474 e. The van der Waals surface area contributed by atoms with Crippen molar-refractivity contribution in [2.24, 2.45) is 5.41 Å². The molecule has 5 heteroatoms. The molecule has 1 aliphatic rings. The lowest BCUT2D eigenvalue weighted by Gasteiger charge is -2.35. The van der Waals surface area contributed by atoms with Gasteiger partial charge < -0.3 is 9.64 Å². The first-order chi connectivity index (χ1) is 9.36. The summed E-state index contributed by atoms with van der Waals surface area (Å²) in [5, 5.41) is 0. The van der Waals surface area contributed by atoms with E-state index in [1.165, 1.54) is 6.07 Å². The molecular formula is C15H21FN2O2. The van der Waals surface area contributed by atoms with Crippen LogP contribution in [0.25, 0.3) is 0 Å². The zero-order chi connectivity index (χ0) is 14.8. The third kappa shape index (κ3) is 3.68. The first kappa shape index (κ1) is 14.8. The Morgan fingerprint density at radius 2 is 2.00 bits per heavy atom. The molecule has 1 aromatic rings. The molecule has 20 heavy (non-hydrogen) atoms. The lowest BCUT2D eigenvalue weighted by atomic mass is 9.93. The summed E-state index contributed by atoms with van der Waals surface area (Å²) in [5.74, 6) is -0.0618. The highest BCUT2D eigenvalue weighted by atomic mass is 19.1. The molecule has 1 aromatic heterocycles. The van der Waals surface area contributed by atoms with E-state index in [2.05, 4.69) is 4.98 Å². The topological polar surface area (TPSA) is 42.4 Å². The van der Waals surface area contributed by atoms with E-state index < -0.39 is 5.95 Å². The Balaban J connectivity index is 1.87. The molecule has 2 rings (SSSR count). The SMILES string of the molecule is CC(C)(C)C(=O)N1CCC(Oc2cccc(F)n2)CC1. The average Bonchev–Trinajstić information content (AvgIpc) is 2.38. The van der Waals surface area contributed by atoms with Gasteiger partial charge in [0.25, 0.3) is 0 Å². The number of likely N-dealkylation sites (tertiary alicyclic amines) is 1. The smallest absolute Gasteiger partial charge is 0.227 e. The lowest BCUT2D eigenvalue weighted by Crippen LogP contribution is -2.46. The number of hydrogen-bond acceptors (Lipinski definition) is 3. The van der Waals surface area contributed by atoms with E-state index in [0.29, 0.717) is 19.0 Å². The molecule has 0 unspecified atom stereocenters. The predicted octanol–water partition coefficient (Wildman–Crippen LogP) is 2.64. The second kappa shape index (κ2) is 5.77. The molecule has 0 N–H and O–H groups in total. The minimum atomic E-state index is -0.539. The van der Waals surface area contributed by atoms with Gasteiger partial charge in [-0.05, 0) is 6.07 Å². The number of nitrogens with zero attached hydrogens (tertiary/aromatic N) is 2. The summed E-state index contributed by atoms with van der Waals surface area (Å²) < 4.78 is 18.6. The first-order valence-electron chi connectivity index (χ1n) is 6.95. The highest BCUT2D eigenvalue weighted by Gasteiger charge is 2.30. The number of ether oxygens (including phenoxy) is 1. The number of rotatable bonds is 2. The van der Waals surface area contributed by atoms with Gasteiger partial charge in [-0.15, -0.1) is 0 Å². The van der Waals surface area contributed by atoms with Gasteiger partial charge in [-0.2, -0.15) is 9.37 Å². The molecule has 0 aromatic carbocycles. The van der Waals surface area contributed by atoms with Crippen molar-refractivity contribution in [3.05, 3.63) is 24.1 Å². The summed E-state index contributed by atoms with van der Waals surface area (Å²) in [6, 6.07) is 4.52. The second-order valence-electron chi connectivity index (χ2n) is 6.16. The van der Waals surface area contributed by atoms with E-state index in [4.69, 9.17) is 4.74 Å². The van der Waals surface area contributed by atoms with Crippen molar-refractivity contribution in [2.45, 2.75) is 39.7 Å². The van der Waals surface area contributed by atoms with Crippen LogP contribution in [0.3, 0.4) is 0 Å². The van der Waals surface area contributed by atoms with Gasteiger partial charge in [0.05, 0.1) is 0 Å². The molecule has 110 valence electrons. The van der Waals surface area contributed by atoms with Gasteiger partial charge in [0.15, 0.2) is 0 Å². The quantitative estimate of drug-likeness (QED) is 0.782. The second-order valence-corrected chi connectivity index (χ2v) is 6.16. The molecule has 1 aliphatic heterocycles. The fourth-order valence-corrected chi connectivity index (χ4v) is 2.28. The summed E-state index contributed by atoms with van der Waals surface area (Å²) in [6.45, 7) is 7.13. The van der Waals surface area contributed by atoms with Gasteiger partial charge in [0, 0.05) is 37.4 Å². The Morgan fingerprint density at radius 3 is 2.55 bits per heavy atom. The number of halogens is 1. The van der Waals surface area contributed by atoms with Gasteiger partial charge in [0.1, 0.15) is 6.10 Å². The molecule has 2 heterocycles. The van der Waals surface area contributed by atoms with Gasteiger partial charge in [-0.25, -0.2) is 0 Å². The van der Waals surface area contributed by atoms with Crippen molar-refractivity contribution >= 4 is 5.91 Å². The van der Waals surface area contributed by atoms with Crippen molar-refractivity contribution in [2.75, 3.05) is 13.1 Å². The molecule has 1 amide bonds. The Kier molecular flexibility index (Phi) is 4.26. The molecule has 0 atom stereocenters. The monoisotopic (exact) mass is 280 g/mol. The summed E-state index contributed by atoms with van der Waals surface area (Å²) in [4.78, 5) is 17.7. The largest absolute Gasteiger partial charge is 0.474 e. The molecule has 0 radical (unpaired) electrons. The number of pyridine rings is 1. The van der Waals surface area contributed by atoms with E-state index in [9.17, 15) is 9.18 Å². The maximum atomic E-state index is 13.0. The Hall–Kier alpha value is -1.65. The number of hydrogen-bond donors (Lipinski definition) is 0. The van der Waals surface area contributed by atoms with Crippen molar-refractivity contribution in [1.29, 1.82) is 0 Å². The van der Waals surface area contributed by atoms with Crippen molar-refractivity contribution in [3.63, 3.8) is 0 Å².